The quantitative estimate of drug-likeness (QED) is 0.619. The Hall–Kier alpha value is -3.18. The summed E-state index contributed by atoms with van der Waals surface area (Å²) >= 11 is 1.47. The van der Waals surface area contributed by atoms with Crippen molar-refractivity contribution in [2.75, 3.05) is 4.90 Å². The number of anilines is 1. The van der Waals surface area contributed by atoms with E-state index in [1.165, 1.54) is 16.2 Å². The number of rotatable bonds is 6. The molecule has 3 aromatic rings. The summed E-state index contributed by atoms with van der Waals surface area (Å²) in [6.07, 6.45) is 0.798. The Balaban J connectivity index is 1.69. The van der Waals surface area contributed by atoms with Gasteiger partial charge >= 0.3 is 0 Å². The lowest BCUT2D eigenvalue weighted by Gasteiger charge is -2.26. The van der Waals surface area contributed by atoms with Crippen LogP contribution in [0.5, 0.6) is 0 Å². The van der Waals surface area contributed by atoms with Gasteiger partial charge < -0.3 is 5.11 Å². The van der Waals surface area contributed by atoms with Crippen LogP contribution in [-0.2, 0) is 16.0 Å². The fourth-order valence-electron chi connectivity index (χ4n) is 3.69. The number of aliphatic hydroxyl groups is 1. The van der Waals surface area contributed by atoms with Crippen LogP contribution in [0.4, 0.5) is 5.69 Å². The first-order valence-electron chi connectivity index (χ1n) is 9.50. The van der Waals surface area contributed by atoms with Gasteiger partial charge in [0.05, 0.1) is 5.57 Å². The van der Waals surface area contributed by atoms with Crippen LogP contribution in [0.3, 0.4) is 0 Å². The highest BCUT2D eigenvalue weighted by Gasteiger charge is 2.44. The largest absolute Gasteiger partial charge is 0.503 e. The van der Waals surface area contributed by atoms with Gasteiger partial charge in [0.15, 0.2) is 11.5 Å². The molecule has 0 bridgehead atoms. The minimum atomic E-state index is -0.604. The molecule has 5 heteroatoms. The second-order valence-corrected chi connectivity index (χ2v) is 8.08. The number of carbonyl (C=O) groups is 2. The Kier molecular flexibility index (Phi) is 5.32. The van der Waals surface area contributed by atoms with Crippen molar-refractivity contribution in [3.05, 3.63) is 99.4 Å². The summed E-state index contributed by atoms with van der Waals surface area (Å²) < 4.78 is 0. The molecule has 1 aliphatic rings. The predicted molar refractivity (Wildman–Crippen MR) is 115 cm³/mol. The second kappa shape index (κ2) is 8.05. The lowest BCUT2D eigenvalue weighted by atomic mass is 9.97. The lowest BCUT2D eigenvalue weighted by molar-refractivity contribution is -0.118. The van der Waals surface area contributed by atoms with Crippen molar-refractivity contribution in [3.8, 4) is 0 Å². The summed E-state index contributed by atoms with van der Waals surface area (Å²) in [6, 6.07) is 20.5. The van der Waals surface area contributed by atoms with E-state index < -0.39 is 17.7 Å². The van der Waals surface area contributed by atoms with Crippen molar-refractivity contribution in [2.45, 2.75) is 25.8 Å². The number of carbonyl (C=O) groups excluding carboxylic acids is 2. The van der Waals surface area contributed by atoms with E-state index in [4.69, 9.17) is 0 Å². The van der Waals surface area contributed by atoms with Crippen LogP contribution in [0.25, 0.3) is 0 Å². The molecule has 1 unspecified atom stereocenters. The van der Waals surface area contributed by atoms with Crippen molar-refractivity contribution in [1.82, 2.24) is 0 Å². The standard InChI is InChI=1S/C24H21NO3S/c1-16-7-5-10-18(15-16)25-22(20-11-6-14-29-20)21(23(27)24(25)28)19(26)13-12-17-8-3-2-4-9-17/h2-11,14-15,22,27H,12-13H2,1H3. The average Bonchev–Trinajstić information content (AvgIpc) is 3.34. The molecule has 1 aromatic heterocycles. The van der Waals surface area contributed by atoms with Crippen LogP contribution in [-0.4, -0.2) is 16.8 Å². The van der Waals surface area contributed by atoms with E-state index in [0.717, 1.165) is 16.0 Å². The fourth-order valence-corrected chi connectivity index (χ4v) is 4.51. The van der Waals surface area contributed by atoms with Crippen LogP contribution in [0.2, 0.25) is 0 Å². The zero-order chi connectivity index (χ0) is 20.4. The number of benzene rings is 2. The summed E-state index contributed by atoms with van der Waals surface area (Å²) in [4.78, 5) is 28.5. The highest BCUT2D eigenvalue weighted by molar-refractivity contribution is 7.10. The zero-order valence-corrected chi connectivity index (χ0v) is 16.9. The molecule has 2 aromatic carbocycles. The molecule has 0 saturated heterocycles. The number of thiophene rings is 1. The molecule has 0 fully saturated rings. The topological polar surface area (TPSA) is 57.6 Å². The number of nitrogens with zero attached hydrogens (tertiary/aromatic N) is 1. The minimum Gasteiger partial charge on any atom is -0.503 e. The van der Waals surface area contributed by atoms with Crippen LogP contribution in [0.15, 0.2) is 83.4 Å². The van der Waals surface area contributed by atoms with Crippen LogP contribution < -0.4 is 4.90 Å². The minimum absolute atomic E-state index is 0.190. The van der Waals surface area contributed by atoms with E-state index in [2.05, 4.69) is 0 Å². The van der Waals surface area contributed by atoms with Crippen molar-refractivity contribution in [2.24, 2.45) is 0 Å². The SMILES string of the molecule is Cc1cccc(N2C(=O)C(O)=C(C(=O)CCc3ccccc3)C2c2cccs2)c1. The smallest absolute Gasteiger partial charge is 0.294 e. The Morgan fingerprint density at radius 2 is 1.86 bits per heavy atom. The Morgan fingerprint density at radius 1 is 1.07 bits per heavy atom. The third kappa shape index (κ3) is 3.74. The van der Waals surface area contributed by atoms with Gasteiger partial charge in [0.1, 0.15) is 6.04 Å². The fraction of sp³-hybridized carbons (Fsp3) is 0.167. The molecule has 0 radical (unpaired) electrons. The normalized spacial score (nSPS) is 16.5. The first-order chi connectivity index (χ1) is 14.1. The van der Waals surface area contributed by atoms with Crippen molar-refractivity contribution in [1.29, 1.82) is 0 Å². The molecule has 0 spiro atoms. The first kappa shape index (κ1) is 19.2. The number of hydrogen-bond donors (Lipinski definition) is 1. The molecule has 4 rings (SSSR count). The number of aryl methyl sites for hydroxylation is 2. The summed E-state index contributed by atoms with van der Waals surface area (Å²) in [6.45, 7) is 1.95. The number of amides is 1. The summed E-state index contributed by atoms with van der Waals surface area (Å²) in [5, 5.41) is 12.6. The number of ketones is 1. The Labute approximate surface area is 173 Å². The highest BCUT2D eigenvalue weighted by Crippen LogP contribution is 2.43. The maximum atomic E-state index is 13.1. The number of hydrogen-bond acceptors (Lipinski definition) is 4. The maximum Gasteiger partial charge on any atom is 0.294 e. The van der Waals surface area contributed by atoms with Gasteiger partial charge in [-0.25, -0.2) is 0 Å². The molecule has 0 aliphatic carbocycles. The van der Waals surface area contributed by atoms with Crippen LogP contribution in [0, 0.1) is 6.92 Å². The molecule has 146 valence electrons. The summed E-state index contributed by atoms with van der Waals surface area (Å²) in [5.41, 5.74) is 2.91. The molecule has 1 atom stereocenters. The van der Waals surface area contributed by atoms with Gasteiger partial charge in [-0.15, -0.1) is 11.3 Å². The van der Waals surface area contributed by atoms with E-state index in [-0.39, 0.29) is 17.8 Å². The van der Waals surface area contributed by atoms with Crippen LogP contribution in [0.1, 0.15) is 28.5 Å². The molecule has 1 amide bonds. The lowest BCUT2D eigenvalue weighted by Crippen LogP contribution is -2.30. The predicted octanol–water partition coefficient (Wildman–Crippen LogP) is 5.16. The van der Waals surface area contributed by atoms with Crippen LogP contribution >= 0.6 is 11.3 Å². The monoisotopic (exact) mass is 403 g/mol. The summed E-state index contributed by atoms with van der Waals surface area (Å²) in [5.74, 6) is -1.17. The third-order valence-electron chi connectivity index (χ3n) is 5.08. The first-order valence-corrected chi connectivity index (χ1v) is 10.4. The van der Waals surface area contributed by atoms with E-state index in [0.29, 0.717) is 12.1 Å². The maximum absolute atomic E-state index is 13.1. The van der Waals surface area contributed by atoms with E-state index in [1.54, 1.807) is 0 Å². The molecule has 1 aliphatic heterocycles. The van der Waals surface area contributed by atoms with E-state index in [1.807, 2.05) is 79.0 Å². The van der Waals surface area contributed by atoms with Crippen molar-refractivity contribution in [3.63, 3.8) is 0 Å². The summed E-state index contributed by atoms with van der Waals surface area (Å²) in [7, 11) is 0. The molecule has 4 nitrogen and oxygen atoms in total. The van der Waals surface area contributed by atoms with E-state index in [9.17, 15) is 14.7 Å². The second-order valence-electron chi connectivity index (χ2n) is 7.10. The zero-order valence-electron chi connectivity index (χ0n) is 16.0. The molecular weight excluding hydrogens is 382 g/mol. The average molecular weight is 404 g/mol. The third-order valence-corrected chi connectivity index (χ3v) is 6.01. The highest BCUT2D eigenvalue weighted by atomic mass is 32.1. The Morgan fingerprint density at radius 3 is 2.55 bits per heavy atom. The van der Waals surface area contributed by atoms with Crippen molar-refractivity contribution < 1.29 is 14.7 Å². The Bertz CT molecular complexity index is 1070. The van der Waals surface area contributed by atoms with Gasteiger partial charge in [-0.3, -0.25) is 14.5 Å². The van der Waals surface area contributed by atoms with Gasteiger partial charge in [0.2, 0.25) is 0 Å². The van der Waals surface area contributed by atoms with Gasteiger partial charge in [0.25, 0.3) is 5.91 Å². The van der Waals surface area contributed by atoms with Gasteiger partial charge in [-0.1, -0.05) is 48.5 Å². The number of Topliss-reactive ketones (excluding diaryl/α,β-unsaturated/α-hetero) is 1. The molecule has 2 heterocycles. The molecule has 1 N–H and O–H groups in total. The van der Waals surface area contributed by atoms with Gasteiger partial charge in [0, 0.05) is 17.0 Å². The molecular formula is C24H21NO3S. The van der Waals surface area contributed by atoms with Gasteiger partial charge in [-0.2, -0.15) is 0 Å². The molecule has 0 saturated carbocycles. The molecule has 29 heavy (non-hydrogen) atoms. The van der Waals surface area contributed by atoms with Crippen molar-refractivity contribution >= 4 is 28.7 Å². The van der Waals surface area contributed by atoms with E-state index >= 15 is 0 Å². The van der Waals surface area contributed by atoms with Gasteiger partial charge in [-0.05, 0) is 48.1 Å². The number of aliphatic hydroxyl groups excluding tert-OH is 1.